The molecule has 1 aromatic rings. The van der Waals surface area contributed by atoms with Crippen LogP contribution in [-0.2, 0) is 14.9 Å². The summed E-state index contributed by atoms with van der Waals surface area (Å²) in [6, 6.07) is 3.39. The first kappa shape index (κ1) is 16.3. The van der Waals surface area contributed by atoms with Crippen molar-refractivity contribution in [2.75, 3.05) is 21.3 Å². The highest BCUT2D eigenvalue weighted by atomic mass is 16.5. The zero-order chi connectivity index (χ0) is 15.5. The Labute approximate surface area is 119 Å². The minimum atomic E-state index is -1.40. The predicted molar refractivity (Wildman–Crippen MR) is 75.2 cm³/mol. The Balaban J connectivity index is 3.44. The third-order valence-corrected chi connectivity index (χ3v) is 3.08. The van der Waals surface area contributed by atoms with E-state index in [2.05, 4.69) is 4.74 Å². The molecule has 1 rings (SSSR count). The smallest absolute Gasteiger partial charge is 0.339 e. The summed E-state index contributed by atoms with van der Waals surface area (Å²) in [7, 11) is 4.26. The molecular formula is C15H22O5. The fourth-order valence-electron chi connectivity index (χ4n) is 1.96. The van der Waals surface area contributed by atoms with Crippen LogP contribution in [0.25, 0.3) is 0 Å². The maximum absolute atomic E-state index is 11.5. The Hall–Kier alpha value is -1.75. The lowest BCUT2D eigenvalue weighted by molar-refractivity contribution is -0.150. The van der Waals surface area contributed by atoms with Gasteiger partial charge in [0.25, 0.3) is 0 Å². The van der Waals surface area contributed by atoms with Gasteiger partial charge in [-0.3, -0.25) is 0 Å². The molecule has 0 aromatic heterocycles. The van der Waals surface area contributed by atoms with Gasteiger partial charge in [-0.2, -0.15) is 0 Å². The van der Waals surface area contributed by atoms with Gasteiger partial charge >= 0.3 is 5.97 Å². The maximum Gasteiger partial charge on any atom is 0.339 e. The third kappa shape index (κ3) is 3.22. The number of methoxy groups -OCH3 is 3. The minimum Gasteiger partial charge on any atom is -0.496 e. The quantitative estimate of drug-likeness (QED) is 0.858. The average Bonchev–Trinajstić information content (AvgIpc) is 2.42. The number of carbonyl (C=O) groups is 1. The first-order valence-corrected chi connectivity index (χ1v) is 6.28. The molecule has 5 heteroatoms. The number of aliphatic hydroxyl groups excluding tert-OH is 1. The molecule has 0 radical (unpaired) electrons. The van der Waals surface area contributed by atoms with Crippen LogP contribution < -0.4 is 9.47 Å². The normalized spacial score (nSPS) is 12.8. The molecule has 1 aromatic carbocycles. The molecule has 1 unspecified atom stereocenters. The van der Waals surface area contributed by atoms with Crippen molar-refractivity contribution >= 4 is 5.97 Å². The zero-order valence-corrected chi connectivity index (χ0v) is 12.8. The summed E-state index contributed by atoms with van der Waals surface area (Å²) in [6.07, 6.45) is -1.40. The van der Waals surface area contributed by atoms with E-state index in [0.717, 1.165) is 5.56 Å². The Morgan fingerprint density at radius 1 is 1.10 bits per heavy atom. The van der Waals surface area contributed by atoms with E-state index in [4.69, 9.17) is 9.47 Å². The first-order chi connectivity index (χ1) is 9.26. The number of ether oxygens (including phenoxy) is 3. The van der Waals surface area contributed by atoms with Gasteiger partial charge in [0.2, 0.25) is 0 Å². The van der Waals surface area contributed by atoms with E-state index >= 15 is 0 Å². The van der Waals surface area contributed by atoms with Gasteiger partial charge in [-0.05, 0) is 17.5 Å². The van der Waals surface area contributed by atoms with E-state index in [0.29, 0.717) is 17.1 Å². The van der Waals surface area contributed by atoms with Crippen LogP contribution in [0.4, 0.5) is 0 Å². The fraction of sp³-hybridized carbons (Fsp3) is 0.533. The second-order valence-electron chi connectivity index (χ2n) is 5.47. The molecule has 0 bridgehead atoms. The third-order valence-electron chi connectivity index (χ3n) is 3.08. The zero-order valence-electron chi connectivity index (χ0n) is 12.8. The van der Waals surface area contributed by atoms with Gasteiger partial charge in [-0.25, -0.2) is 4.79 Å². The minimum absolute atomic E-state index is 0.159. The highest BCUT2D eigenvalue weighted by Crippen LogP contribution is 2.38. The largest absolute Gasteiger partial charge is 0.496 e. The van der Waals surface area contributed by atoms with Crippen LogP contribution in [0.5, 0.6) is 11.5 Å². The van der Waals surface area contributed by atoms with Crippen molar-refractivity contribution in [3.8, 4) is 11.5 Å². The highest BCUT2D eigenvalue weighted by molar-refractivity contribution is 5.77. The van der Waals surface area contributed by atoms with Crippen molar-refractivity contribution in [3.63, 3.8) is 0 Å². The summed E-state index contributed by atoms with van der Waals surface area (Å²) < 4.78 is 15.2. The maximum atomic E-state index is 11.5. The summed E-state index contributed by atoms with van der Waals surface area (Å²) in [5, 5.41) is 10.0. The number of carbonyl (C=O) groups excluding carboxylic acids is 1. The van der Waals surface area contributed by atoms with Crippen LogP contribution in [0.15, 0.2) is 12.1 Å². The van der Waals surface area contributed by atoms with Crippen LogP contribution in [0.1, 0.15) is 38.0 Å². The van der Waals surface area contributed by atoms with Gasteiger partial charge in [0, 0.05) is 11.1 Å². The van der Waals surface area contributed by atoms with Crippen molar-refractivity contribution in [2.24, 2.45) is 0 Å². The molecule has 0 spiro atoms. The Bertz CT molecular complexity index is 488. The molecule has 0 saturated heterocycles. The molecule has 112 valence electrons. The van der Waals surface area contributed by atoms with Gasteiger partial charge in [0.15, 0.2) is 6.10 Å². The van der Waals surface area contributed by atoms with E-state index in [-0.39, 0.29) is 5.41 Å². The summed E-state index contributed by atoms with van der Waals surface area (Å²) in [6.45, 7) is 6.13. The van der Waals surface area contributed by atoms with Gasteiger partial charge in [-0.15, -0.1) is 0 Å². The summed E-state index contributed by atoms with van der Waals surface area (Å²) in [5.41, 5.74) is 1.09. The van der Waals surface area contributed by atoms with Crippen molar-refractivity contribution in [2.45, 2.75) is 32.3 Å². The van der Waals surface area contributed by atoms with E-state index in [9.17, 15) is 9.90 Å². The van der Waals surface area contributed by atoms with E-state index < -0.39 is 12.1 Å². The number of aliphatic hydroxyl groups is 1. The summed E-state index contributed by atoms with van der Waals surface area (Å²) in [4.78, 5) is 11.5. The second kappa shape index (κ2) is 6.13. The monoisotopic (exact) mass is 282 g/mol. The van der Waals surface area contributed by atoms with Crippen molar-refractivity contribution < 1.29 is 24.1 Å². The SMILES string of the molecule is COC(=O)C(O)c1cc(OC)c(C(C)(C)C)cc1OC. The number of hydrogen-bond acceptors (Lipinski definition) is 5. The molecule has 5 nitrogen and oxygen atoms in total. The average molecular weight is 282 g/mol. The fourth-order valence-corrected chi connectivity index (χ4v) is 1.96. The highest BCUT2D eigenvalue weighted by Gasteiger charge is 2.27. The van der Waals surface area contributed by atoms with Crippen molar-refractivity contribution in [1.82, 2.24) is 0 Å². The second-order valence-corrected chi connectivity index (χ2v) is 5.47. The van der Waals surface area contributed by atoms with Crippen molar-refractivity contribution in [3.05, 3.63) is 23.3 Å². The van der Waals surface area contributed by atoms with Crippen LogP contribution in [-0.4, -0.2) is 32.4 Å². The molecule has 0 aliphatic carbocycles. The van der Waals surface area contributed by atoms with Gasteiger partial charge in [-0.1, -0.05) is 20.8 Å². The number of esters is 1. The topological polar surface area (TPSA) is 65.0 Å². The predicted octanol–water partition coefficient (Wildman–Crippen LogP) is 2.21. The van der Waals surface area contributed by atoms with E-state index in [1.54, 1.807) is 19.2 Å². The van der Waals surface area contributed by atoms with Crippen molar-refractivity contribution in [1.29, 1.82) is 0 Å². The summed E-state index contributed by atoms with van der Waals surface area (Å²) >= 11 is 0. The molecular weight excluding hydrogens is 260 g/mol. The number of benzene rings is 1. The Morgan fingerprint density at radius 3 is 2.05 bits per heavy atom. The molecule has 0 saturated carbocycles. The number of rotatable bonds is 4. The molecule has 1 N–H and O–H groups in total. The van der Waals surface area contributed by atoms with E-state index in [1.165, 1.54) is 14.2 Å². The number of hydrogen-bond donors (Lipinski definition) is 1. The molecule has 0 heterocycles. The molecule has 0 amide bonds. The molecule has 0 aliphatic heterocycles. The molecule has 1 atom stereocenters. The molecule has 0 aliphatic rings. The standard InChI is InChI=1S/C15H22O5/c1-15(2,3)10-8-11(18-4)9(7-12(10)19-5)13(16)14(17)20-6/h7-8,13,16H,1-6H3. The van der Waals surface area contributed by atoms with Crippen LogP contribution in [0.3, 0.4) is 0 Å². The van der Waals surface area contributed by atoms with Crippen LogP contribution >= 0.6 is 0 Å². The van der Waals surface area contributed by atoms with Crippen LogP contribution in [0.2, 0.25) is 0 Å². The van der Waals surface area contributed by atoms with E-state index in [1.807, 2.05) is 20.8 Å². The lowest BCUT2D eigenvalue weighted by Gasteiger charge is -2.24. The van der Waals surface area contributed by atoms with Crippen LogP contribution in [0, 0.1) is 0 Å². The lowest BCUT2D eigenvalue weighted by atomic mass is 9.85. The van der Waals surface area contributed by atoms with Gasteiger partial charge in [0.1, 0.15) is 11.5 Å². The molecule has 20 heavy (non-hydrogen) atoms. The Morgan fingerprint density at radius 2 is 1.65 bits per heavy atom. The summed E-state index contributed by atoms with van der Waals surface area (Å²) in [5.74, 6) is 0.277. The Kier molecular flexibility index (Phi) is 5.00. The lowest BCUT2D eigenvalue weighted by Crippen LogP contribution is -2.17. The van der Waals surface area contributed by atoms with Gasteiger partial charge in [0.05, 0.1) is 21.3 Å². The first-order valence-electron chi connectivity index (χ1n) is 6.28. The van der Waals surface area contributed by atoms with Gasteiger partial charge < -0.3 is 19.3 Å². The molecule has 0 fully saturated rings.